The number of nitrogens with one attached hydrogen (secondary N) is 1. The van der Waals surface area contributed by atoms with E-state index in [4.69, 9.17) is 4.42 Å². The van der Waals surface area contributed by atoms with Gasteiger partial charge in [-0.3, -0.25) is 0 Å². The second-order valence-corrected chi connectivity index (χ2v) is 10.2. The molecule has 0 saturated carbocycles. The standard InChI is InChI=1S/C38H25NO/c1-2-12-26(13-3-1)30-20-11-22-33-36-29-18-7-5-15-27(29)24-35(38(36)40-37(30)33)39-34-23-9-8-19-32(34)31-21-10-16-25-14-4-6-17-28(25)31/h1-24,39H. The van der Waals surface area contributed by atoms with Gasteiger partial charge in [0, 0.05) is 27.6 Å². The van der Waals surface area contributed by atoms with Gasteiger partial charge in [-0.15, -0.1) is 0 Å². The van der Waals surface area contributed by atoms with Gasteiger partial charge in [-0.2, -0.15) is 0 Å². The summed E-state index contributed by atoms with van der Waals surface area (Å²) in [5, 5.41) is 10.9. The van der Waals surface area contributed by atoms with Crippen LogP contribution in [0.25, 0.3) is 65.7 Å². The van der Waals surface area contributed by atoms with E-state index >= 15 is 0 Å². The summed E-state index contributed by atoms with van der Waals surface area (Å²) in [7, 11) is 0. The first kappa shape index (κ1) is 22.6. The largest absolute Gasteiger partial charge is 0.453 e. The minimum atomic E-state index is 0.866. The molecule has 0 aliphatic heterocycles. The van der Waals surface area contributed by atoms with E-state index in [1.54, 1.807) is 0 Å². The van der Waals surface area contributed by atoms with Crippen molar-refractivity contribution in [2.24, 2.45) is 0 Å². The molecule has 1 N–H and O–H groups in total. The Balaban J connectivity index is 1.38. The van der Waals surface area contributed by atoms with Gasteiger partial charge in [-0.05, 0) is 44.8 Å². The molecule has 0 amide bonds. The second kappa shape index (κ2) is 9.14. The fraction of sp³-hybridized carbons (Fsp3) is 0. The zero-order valence-corrected chi connectivity index (χ0v) is 21.8. The molecule has 0 bridgehead atoms. The molecule has 8 rings (SSSR count). The molecule has 8 aromatic rings. The molecule has 0 saturated heterocycles. The fourth-order valence-electron chi connectivity index (χ4n) is 6.02. The second-order valence-electron chi connectivity index (χ2n) is 10.2. The quantitative estimate of drug-likeness (QED) is 0.254. The van der Waals surface area contributed by atoms with Crippen molar-refractivity contribution < 1.29 is 4.42 Å². The van der Waals surface area contributed by atoms with Crippen molar-refractivity contribution in [1.82, 2.24) is 0 Å². The van der Waals surface area contributed by atoms with Gasteiger partial charge in [0.25, 0.3) is 0 Å². The number of hydrogen-bond donors (Lipinski definition) is 1. The molecule has 1 aromatic heterocycles. The summed E-state index contributed by atoms with van der Waals surface area (Å²) < 4.78 is 6.80. The lowest BCUT2D eigenvalue weighted by atomic mass is 9.96. The molecule has 0 aliphatic carbocycles. The van der Waals surface area contributed by atoms with E-state index < -0.39 is 0 Å². The predicted octanol–water partition coefficient (Wildman–Crippen LogP) is 11.0. The van der Waals surface area contributed by atoms with Crippen LogP contribution in [-0.2, 0) is 0 Å². The number of furan rings is 1. The normalized spacial score (nSPS) is 11.5. The average molecular weight is 512 g/mol. The van der Waals surface area contributed by atoms with E-state index in [9.17, 15) is 0 Å². The number of anilines is 2. The van der Waals surface area contributed by atoms with Gasteiger partial charge < -0.3 is 9.73 Å². The van der Waals surface area contributed by atoms with E-state index in [1.807, 2.05) is 6.07 Å². The highest BCUT2D eigenvalue weighted by atomic mass is 16.3. The Labute approximate surface area is 232 Å². The monoisotopic (exact) mass is 511 g/mol. The third kappa shape index (κ3) is 3.58. The molecule has 7 aromatic carbocycles. The van der Waals surface area contributed by atoms with Gasteiger partial charge in [0.05, 0.1) is 5.69 Å². The first-order valence-corrected chi connectivity index (χ1v) is 13.6. The maximum atomic E-state index is 6.80. The van der Waals surface area contributed by atoms with Crippen LogP contribution >= 0.6 is 0 Å². The van der Waals surface area contributed by atoms with Crippen molar-refractivity contribution in [3.05, 3.63) is 146 Å². The maximum absolute atomic E-state index is 6.80. The first-order valence-electron chi connectivity index (χ1n) is 13.6. The van der Waals surface area contributed by atoms with Crippen LogP contribution in [0.1, 0.15) is 0 Å². The van der Waals surface area contributed by atoms with Crippen LogP contribution in [0.15, 0.2) is 150 Å². The molecule has 0 atom stereocenters. The fourth-order valence-corrected chi connectivity index (χ4v) is 6.02. The number of hydrogen-bond acceptors (Lipinski definition) is 2. The van der Waals surface area contributed by atoms with Crippen LogP contribution in [-0.4, -0.2) is 0 Å². The minimum absolute atomic E-state index is 0.866. The van der Waals surface area contributed by atoms with Crippen molar-refractivity contribution in [2.45, 2.75) is 0 Å². The number of para-hydroxylation sites is 2. The Morgan fingerprint density at radius 3 is 1.93 bits per heavy atom. The van der Waals surface area contributed by atoms with Crippen LogP contribution in [0.3, 0.4) is 0 Å². The molecule has 0 fully saturated rings. The van der Waals surface area contributed by atoms with Crippen molar-refractivity contribution in [1.29, 1.82) is 0 Å². The van der Waals surface area contributed by atoms with Gasteiger partial charge in [-0.1, -0.05) is 133 Å². The average Bonchev–Trinajstić information content (AvgIpc) is 3.42. The third-order valence-corrected chi connectivity index (χ3v) is 7.85. The van der Waals surface area contributed by atoms with Gasteiger partial charge >= 0.3 is 0 Å². The lowest BCUT2D eigenvalue weighted by Gasteiger charge is -2.15. The highest BCUT2D eigenvalue weighted by Gasteiger charge is 2.19. The molecular weight excluding hydrogens is 486 g/mol. The van der Waals surface area contributed by atoms with Crippen molar-refractivity contribution >= 4 is 54.9 Å². The smallest absolute Gasteiger partial charge is 0.159 e. The highest BCUT2D eigenvalue weighted by Crippen LogP contribution is 2.44. The molecule has 40 heavy (non-hydrogen) atoms. The number of rotatable bonds is 4. The SMILES string of the molecule is c1ccc(-c2cccc3c2oc2c(Nc4ccccc4-c4cccc5ccccc45)cc4ccccc4c23)cc1. The molecule has 1 heterocycles. The first-order chi connectivity index (χ1) is 19.8. The van der Waals surface area contributed by atoms with Crippen LogP contribution in [0.5, 0.6) is 0 Å². The molecule has 2 nitrogen and oxygen atoms in total. The topological polar surface area (TPSA) is 25.2 Å². The van der Waals surface area contributed by atoms with Crippen LogP contribution < -0.4 is 5.32 Å². The summed E-state index contributed by atoms with van der Waals surface area (Å²) >= 11 is 0. The summed E-state index contributed by atoms with van der Waals surface area (Å²) in [6.45, 7) is 0. The third-order valence-electron chi connectivity index (χ3n) is 7.85. The van der Waals surface area contributed by atoms with Crippen molar-refractivity contribution in [3.63, 3.8) is 0 Å². The van der Waals surface area contributed by atoms with E-state index in [-0.39, 0.29) is 0 Å². The highest BCUT2D eigenvalue weighted by molar-refractivity contribution is 6.24. The predicted molar refractivity (Wildman–Crippen MR) is 169 cm³/mol. The lowest BCUT2D eigenvalue weighted by Crippen LogP contribution is -1.95. The molecule has 0 unspecified atom stereocenters. The van der Waals surface area contributed by atoms with E-state index in [0.717, 1.165) is 50.0 Å². The van der Waals surface area contributed by atoms with Crippen molar-refractivity contribution in [2.75, 3.05) is 5.32 Å². The Bertz CT molecular complexity index is 2180. The molecule has 0 aliphatic rings. The summed E-state index contributed by atoms with van der Waals surface area (Å²) in [4.78, 5) is 0. The Morgan fingerprint density at radius 2 is 1.02 bits per heavy atom. The van der Waals surface area contributed by atoms with Gasteiger partial charge in [0.1, 0.15) is 5.58 Å². The summed E-state index contributed by atoms with van der Waals surface area (Å²) in [6.07, 6.45) is 0. The number of benzene rings is 7. The van der Waals surface area contributed by atoms with Gasteiger partial charge in [0.2, 0.25) is 0 Å². The molecule has 0 radical (unpaired) electrons. The number of fused-ring (bicyclic) bond motifs is 6. The van der Waals surface area contributed by atoms with Gasteiger partial charge in [0.15, 0.2) is 5.58 Å². The van der Waals surface area contributed by atoms with E-state index in [0.29, 0.717) is 0 Å². The zero-order valence-electron chi connectivity index (χ0n) is 21.8. The van der Waals surface area contributed by atoms with E-state index in [1.165, 1.54) is 27.1 Å². The zero-order chi connectivity index (χ0) is 26.5. The van der Waals surface area contributed by atoms with Crippen LogP contribution in [0.4, 0.5) is 11.4 Å². The van der Waals surface area contributed by atoms with Crippen molar-refractivity contribution in [3.8, 4) is 22.3 Å². The van der Waals surface area contributed by atoms with Gasteiger partial charge in [-0.25, -0.2) is 0 Å². The van der Waals surface area contributed by atoms with Crippen LogP contribution in [0, 0.1) is 0 Å². The summed E-state index contributed by atoms with van der Waals surface area (Å²) in [5.74, 6) is 0. The van der Waals surface area contributed by atoms with E-state index in [2.05, 4.69) is 145 Å². The molecule has 188 valence electrons. The lowest BCUT2D eigenvalue weighted by molar-refractivity contribution is 0.671. The van der Waals surface area contributed by atoms with Crippen LogP contribution in [0.2, 0.25) is 0 Å². The Hall–Kier alpha value is -5.34. The summed E-state index contributed by atoms with van der Waals surface area (Å²) in [5.41, 5.74) is 8.37. The molecule has 2 heteroatoms. The molecule has 0 spiro atoms. The molecular formula is C38H25NO. The Morgan fingerprint density at radius 1 is 0.400 bits per heavy atom. The minimum Gasteiger partial charge on any atom is -0.453 e. The maximum Gasteiger partial charge on any atom is 0.159 e. The Kier molecular flexibility index (Phi) is 5.17. The summed E-state index contributed by atoms with van der Waals surface area (Å²) in [6, 6.07) is 51.3.